The molecule has 0 amide bonds. The third kappa shape index (κ3) is 4.25. The lowest BCUT2D eigenvalue weighted by Crippen LogP contribution is -2.35. The van der Waals surface area contributed by atoms with Crippen LogP contribution in [0.25, 0.3) is 5.57 Å². The van der Waals surface area contributed by atoms with Gasteiger partial charge < -0.3 is 16.4 Å². The van der Waals surface area contributed by atoms with E-state index < -0.39 is 0 Å². The van der Waals surface area contributed by atoms with Crippen molar-refractivity contribution in [3.8, 4) is 0 Å². The van der Waals surface area contributed by atoms with Gasteiger partial charge in [-0.1, -0.05) is 19.4 Å². The molecule has 0 aromatic carbocycles. The van der Waals surface area contributed by atoms with Gasteiger partial charge in [-0.05, 0) is 54.4 Å². The lowest BCUT2D eigenvalue weighted by Gasteiger charge is -2.14. The normalized spacial score (nSPS) is 14.2. The predicted molar refractivity (Wildman–Crippen MR) is 109 cm³/mol. The van der Waals surface area contributed by atoms with Gasteiger partial charge >= 0.3 is 0 Å². The van der Waals surface area contributed by atoms with Crippen LogP contribution in [0.15, 0.2) is 29.2 Å². The third-order valence-electron chi connectivity index (χ3n) is 4.48. The van der Waals surface area contributed by atoms with Crippen molar-refractivity contribution < 1.29 is 0 Å². The summed E-state index contributed by atoms with van der Waals surface area (Å²) in [7, 11) is 2.20. The van der Waals surface area contributed by atoms with Gasteiger partial charge in [-0.25, -0.2) is 0 Å². The van der Waals surface area contributed by atoms with Gasteiger partial charge in [-0.3, -0.25) is 4.98 Å². The number of hydrogen-bond donors (Lipinski definition) is 3. The number of fused-ring (bicyclic) bond motifs is 1. The van der Waals surface area contributed by atoms with Crippen molar-refractivity contribution in [2.24, 2.45) is 5.73 Å². The van der Waals surface area contributed by atoms with E-state index in [2.05, 4.69) is 55.3 Å². The molecule has 1 radical (unpaired) electrons. The number of aryl methyl sites for hydroxylation is 1. The van der Waals surface area contributed by atoms with Crippen LogP contribution < -0.4 is 21.8 Å². The van der Waals surface area contributed by atoms with Crippen molar-refractivity contribution in [1.82, 2.24) is 10.3 Å². The molecule has 0 bridgehead atoms. The molecule has 0 spiro atoms. The molecule has 1 atom stereocenters. The van der Waals surface area contributed by atoms with E-state index in [1.165, 1.54) is 15.9 Å². The van der Waals surface area contributed by atoms with Gasteiger partial charge in [0.1, 0.15) is 0 Å². The van der Waals surface area contributed by atoms with Crippen molar-refractivity contribution in [2.45, 2.75) is 46.2 Å². The molecule has 0 saturated heterocycles. The fourth-order valence-corrected chi connectivity index (χ4v) is 3.78. The molecular formula is C19H26BN4S. The zero-order chi connectivity index (χ0) is 17.8. The molecule has 25 heavy (non-hydrogen) atoms. The quantitative estimate of drug-likeness (QED) is 0.639. The maximum Gasteiger partial charge on any atom is 0.219 e. The summed E-state index contributed by atoms with van der Waals surface area (Å²) < 4.78 is 0. The van der Waals surface area contributed by atoms with Gasteiger partial charge in [0.05, 0.1) is 5.69 Å². The number of thiophene rings is 1. The van der Waals surface area contributed by atoms with Crippen LogP contribution in [0.4, 0.5) is 5.69 Å². The van der Waals surface area contributed by atoms with Crippen LogP contribution in [-0.2, 0) is 6.54 Å². The van der Waals surface area contributed by atoms with Gasteiger partial charge in [-0.2, -0.15) is 0 Å². The number of hydrogen-bond acceptors (Lipinski definition) is 5. The van der Waals surface area contributed by atoms with Crippen LogP contribution in [0, 0.1) is 6.92 Å². The minimum Gasteiger partial charge on any atom is -0.394 e. The maximum absolute atomic E-state index is 6.14. The Kier molecular flexibility index (Phi) is 5.81. The fourth-order valence-electron chi connectivity index (χ4n) is 3.13. The first-order chi connectivity index (χ1) is 12.1. The first-order valence-corrected chi connectivity index (χ1v) is 9.79. The van der Waals surface area contributed by atoms with Gasteiger partial charge in [0.15, 0.2) is 0 Å². The van der Waals surface area contributed by atoms with Crippen LogP contribution in [0.3, 0.4) is 0 Å². The summed E-state index contributed by atoms with van der Waals surface area (Å²) in [6.07, 6.45) is 2.15. The van der Waals surface area contributed by atoms with Crippen LogP contribution in [0.5, 0.6) is 0 Å². The monoisotopic (exact) mass is 353 g/mol. The number of aromatic nitrogens is 1. The van der Waals surface area contributed by atoms with E-state index in [4.69, 9.17) is 10.7 Å². The summed E-state index contributed by atoms with van der Waals surface area (Å²) in [5, 5.41) is 9.20. The summed E-state index contributed by atoms with van der Waals surface area (Å²) >= 11 is 1.77. The second-order valence-corrected chi connectivity index (χ2v) is 7.65. The maximum atomic E-state index is 6.14. The Labute approximate surface area is 155 Å². The molecule has 0 saturated carbocycles. The van der Waals surface area contributed by atoms with E-state index in [0.717, 1.165) is 48.6 Å². The van der Waals surface area contributed by atoms with Crippen molar-refractivity contribution in [3.63, 3.8) is 0 Å². The zero-order valence-corrected chi connectivity index (χ0v) is 16.0. The topological polar surface area (TPSA) is 63.0 Å². The Morgan fingerprint density at radius 2 is 2.16 bits per heavy atom. The summed E-state index contributed by atoms with van der Waals surface area (Å²) in [6, 6.07) is 6.56. The molecule has 1 aliphatic rings. The second-order valence-electron chi connectivity index (χ2n) is 6.62. The largest absolute Gasteiger partial charge is 0.394 e. The van der Waals surface area contributed by atoms with Gasteiger partial charge in [-0.15, -0.1) is 11.3 Å². The Bertz CT molecular complexity index is 755. The van der Waals surface area contributed by atoms with Gasteiger partial charge in [0.2, 0.25) is 7.28 Å². The van der Waals surface area contributed by atoms with E-state index in [9.17, 15) is 0 Å². The van der Waals surface area contributed by atoms with Crippen LogP contribution in [0.2, 0.25) is 0 Å². The highest BCUT2D eigenvalue weighted by atomic mass is 32.1. The molecule has 1 aliphatic heterocycles. The predicted octanol–water partition coefficient (Wildman–Crippen LogP) is 2.81. The fraction of sp³-hybridized carbons (Fsp3) is 0.421. The lowest BCUT2D eigenvalue weighted by atomic mass is 9.69. The Morgan fingerprint density at radius 1 is 1.32 bits per heavy atom. The summed E-state index contributed by atoms with van der Waals surface area (Å²) in [4.78, 5) is 6.08. The van der Waals surface area contributed by atoms with Gasteiger partial charge in [0, 0.05) is 35.4 Å². The van der Waals surface area contributed by atoms with Crippen molar-refractivity contribution in [2.75, 3.05) is 11.9 Å². The molecule has 6 heteroatoms. The number of allylic oxidation sites excluding steroid dienone is 1. The number of anilines is 1. The van der Waals surface area contributed by atoms with Crippen molar-refractivity contribution in [3.05, 3.63) is 45.4 Å². The highest BCUT2D eigenvalue weighted by Crippen LogP contribution is 2.24. The Balaban J connectivity index is 1.73. The number of rotatable bonds is 8. The van der Waals surface area contributed by atoms with Gasteiger partial charge in [0.25, 0.3) is 0 Å². The molecular weight excluding hydrogens is 327 g/mol. The number of nitrogens with zero attached hydrogens (tertiary/aromatic N) is 1. The number of nitrogens with one attached hydrogen (secondary N) is 2. The number of nitrogens with two attached hydrogens (primary N) is 1. The average molecular weight is 353 g/mol. The molecule has 3 heterocycles. The third-order valence-corrected chi connectivity index (χ3v) is 5.36. The lowest BCUT2D eigenvalue weighted by molar-refractivity contribution is 0.577. The Hall–Kier alpha value is -1.79. The van der Waals surface area contributed by atoms with E-state index in [1.807, 2.05) is 6.92 Å². The average Bonchev–Trinajstić information content (AvgIpc) is 3.20. The molecule has 3 rings (SSSR count). The van der Waals surface area contributed by atoms with Crippen molar-refractivity contribution in [1.29, 1.82) is 0 Å². The van der Waals surface area contributed by atoms with Crippen LogP contribution in [-0.4, -0.2) is 24.9 Å². The Morgan fingerprint density at radius 3 is 2.88 bits per heavy atom. The summed E-state index contributed by atoms with van der Waals surface area (Å²) in [5.74, 6) is 0. The first kappa shape index (κ1) is 18.0. The summed E-state index contributed by atoms with van der Waals surface area (Å²) in [5.41, 5.74) is 12.9. The van der Waals surface area contributed by atoms with E-state index in [0.29, 0.717) is 0 Å². The summed E-state index contributed by atoms with van der Waals surface area (Å²) in [6.45, 7) is 7.98. The van der Waals surface area contributed by atoms with E-state index in [1.54, 1.807) is 11.3 Å². The number of pyridine rings is 1. The van der Waals surface area contributed by atoms with E-state index in [-0.39, 0.29) is 6.04 Å². The van der Waals surface area contributed by atoms with E-state index >= 15 is 0 Å². The molecule has 131 valence electrons. The highest BCUT2D eigenvalue weighted by molar-refractivity contribution is 7.09. The highest BCUT2D eigenvalue weighted by Gasteiger charge is 2.24. The molecule has 4 N–H and O–H groups in total. The minimum absolute atomic E-state index is 0.188. The smallest absolute Gasteiger partial charge is 0.219 e. The van der Waals surface area contributed by atoms with Crippen LogP contribution in [0.1, 0.15) is 43.0 Å². The molecule has 4 nitrogen and oxygen atoms in total. The zero-order valence-electron chi connectivity index (χ0n) is 15.2. The first-order valence-electron chi connectivity index (χ1n) is 8.91. The molecule has 0 aliphatic carbocycles. The molecule has 2 aromatic heterocycles. The van der Waals surface area contributed by atoms with Crippen LogP contribution >= 0.6 is 11.3 Å². The molecule has 0 unspecified atom stereocenters. The second kappa shape index (κ2) is 8.06. The SMILES string of the molecule is CCC[C@H](N)CNC1=C(C)c2nc(C)cc(NCc3cccs3)c2[B]1. The minimum atomic E-state index is 0.188. The van der Waals surface area contributed by atoms with Crippen molar-refractivity contribution >= 4 is 35.3 Å². The standard InChI is InChI=1S/C19H26BN4S/c1-4-6-14(21)10-23-19-13(3)18-17(20-19)16(9-12(2)24-18)22-11-15-7-5-8-25-15/h5,7-9,14,23H,4,6,10-11,21H2,1-3H3,(H,22,24)/t14-/m0/s1. The molecule has 0 fully saturated rings. The molecule has 2 aromatic rings.